The molecule has 0 bridgehead atoms. The first-order valence-corrected chi connectivity index (χ1v) is 6.52. The molecule has 1 saturated carbocycles. The monoisotopic (exact) mass is 233 g/mol. The Balaban J connectivity index is 1.69. The van der Waals surface area contributed by atoms with E-state index >= 15 is 0 Å². The van der Waals surface area contributed by atoms with Crippen LogP contribution >= 0.6 is 0 Å². The van der Waals surface area contributed by atoms with Gasteiger partial charge in [0.2, 0.25) is 0 Å². The molecule has 2 aliphatic rings. The summed E-state index contributed by atoms with van der Waals surface area (Å²) in [5.41, 5.74) is 6.82. The second-order valence-electron chi connectivity index (χ2n) is 5.00. The Hall–Kier alpha value is -1.22. The molecule has 0 amide bonds. The van der Waals surface area contributed by atoms with E-state index in [2.05, 4.69) is 12.1 Å². The Kier molecular flexibility index (Phi) is 2.71. The zero-order chi connectivity index (χ0) is 11.7. The lowest BCUT2D eigenvalue weighted by Crippen LogP contribution is -2.45. The zero-order valence-corrected chi connectivity index (χ0v) is 10.1. The summed E-state index contributed by atoms with van der Waals surface area (Å²) < 4.78 is 11.8. The van der Waals surface area contributed by atoms with Crippen LogP contribution in [0.5, 0.6) is 11.5 Å². The molecule has 0 radical (unpaired) electrons. The summed E-state index contributed by atoms with van der Waals surface area (Å²) in [6.07, 6.45) is 6.53. The van der Waals surface area contributed by atoms with Gasteiger partial charge in [0, 0.05) is 12.8 Å². The van der Waals surface area contributed by atoms with Crippen LogP contribution in [0.4, 0.5) is 0 Å². The molecule has 0 unspecified atom stereocenters. The Labute approximate surface area is 102 Å². The van der Waals surface area contributed by atoms with E-state index in [1.54, 1.807) is 0 Å². The van der Waals surface area contributed by atoms with Crippen molar-refractivity contribution in [2.24, 2.45) is 5.73 Å². The topological polar surface area (TPSA) is 44.5 Å². The lowest BCUT2D eigenvalue weighted by atomic mass is 9.91. The predicted molar refractivity (Wildman–Crippen MR) is 66.3 cm³/mol. The van der Waals surface area contributed by atoms with Crippen LogP contribution in [0.15, 0.2) is 18.2 Å². The number of ether oxygens (including phenoxy) is 2. The number of fused-ring (bicyclic) bond motifs is 1. The van der Waals surface area contributed by atoms with Crippen molar-refractivity contribution >= 4 is 0 Å². The summed E-state index contributed by atoms with van der Waals surface area (Å²) in [5.74, 6) is 1.53. The van der Waals surface area contributed by atoms with E-state index in [1.165, 1.54) is 12.0 Å². The van der Waals surface area contributed by atoms with E-state index in [0.717, 1.165) is 50.1 Å². The molecule has 1 heterocycles. The van der Waals surface area contributed by atoms with Gasteiger partial charge in [0.05, 0.1) is 0 Å². The highest BCUT2D eigenvalue weighted by molar-refractivity contribution is 5.46. The smallest absolute Gasteiger partial charge is 0.251 e. The van der Waals surface area contributed by atoms with Crippen LogP contribution in [0.3, 0.4) is 0 Å². The maximum absolute atomic E-state index is 5.93. The van der Waals surface area contributed by atoms with Gasteiger partial charge in [0.1, 0.15) is 0 Å². The van der Waals surface area contributed by atoms with Gasteiger partial charge >= 0.3 is 0 Å². The van der Waals surface area contributed by atoms with Crippen LogP contribution in [0, 0.1) is 0 Å². The van der Waals surface area contributed by atoms with Crippen molar-refractivity contribution in [3.8, 4) is 11.5 Å². The first-order valence-electron chi connectivity index (χ1n) is 6.52. The Morgan fingerprint density at radius 2 is 1.94 bits per heavy atom. The van der Waals surface area contributed by atoms with Gasteiger partial charge in [0.15, 0.2) is 11.5 Å². The average molecular weight is 233 g/mol. The number of aryl methyl sites for hydroxylation is 1. The molecule has 0 aromatic heterocycles. The third-order valence-corrected chi connectivity index (χ3v) is 3.63. The number of hydrogen-bond donors (Lipinski definition) is 1. The summed E-state index contributed by atoms with van der Waals surface area (Å²) >= 11 is 0. The van der Waals surface area contributed by atoms with Crippen molar-refractivity contribution < 1.29 is 9.47 Å². The van der Waals surface area contributed by atoms with E-state index in [0.29, 0.717) is 0 Å². The fourth-order valence-electron chi connectivity index (χ4n) is 2.44. The first kappa shape index (κ1) is 10.9. The molecule has 3 rings (SSSR count). The highest BCUT2D eigenvalue weighted by Gasteiger charge is 2.47. The predicted octanol–water partition coefficient (Wildman–Crippen LogP) is 2.62. The third-order valence-electron chi connectivity index (χ3n) is 3.63. The molecule has 0 atom stereocenters. The van der Waals surface area contributed by atoms with Crippen molar-refractivity contribution in [1.82, 2.24) is 0 Å². The summed E-state index contributed by atoms with van der Waals surface area (Å²) in [5, 5.41) is 0. The second-order valence-corrected chi connectivity index (χ2v) is 5.00. The minimum atomic E-state index is -0.307. The molecule has 17 heavy (non-hydrogen) atoms. The van der Waals surface area contributed by atoms with Crippen LogP contribution in [-0.2, 0) is 6.42 Å². The summed E-state index contributed by atoms with van der Waals surface area (Å²) in [7, 11) is 0. The summed E-state index contributed by atoms with van der Waals surface area (Å²) in [6.45, 7) is 0.771. The average Bonchev–Trinajstić information content (AvgIpc) is 2.68. The fraction of sp³-hybridized carbons (Fsp3) is 0.571. The first-order chi connectivity index (χ1) is 8.31. The standard InChI is InChI=1S/C14H19NO2/c15-9-2-1-4-11-5-6-12-13(10-11)17-14(16-12)7-3-8-14/h5-6,10H,1-4,7-9,15H2. The van der Waals surface area contributed by atoms with E-state index in [9.17, 15) is 0 Å². The zero-order valence-electron chi connectivity index (χ0n) is 10.1. The SMILES string of the molecule is NCCCCc1ccc2c(c1)OC1(CCC1)O2. The van der Waals surface area contributed by atoms with Crippen molar-refractivity contribution in [2.75, 3.05) is 6.54 Å². The van der Waals surface area contributed by atoms with Gasteiger partial charge in [0.25, 0.3) is 5.79 Å². The Bertz CT molecular complexity index is 413. The fourth-order valence-corrected chi connectivity index (χ4v) is 2.44. The number of benzene rings is 1. The lowest BCUT2D eigenvalue weighted by Gasteiger charge is -2.35. The maximum Gasteiger partial charge on any atom is 0.251 e. The van der Waals surface area contributed by atoms with Crippen molar-refractivity contribution in [3.63, 3.8) is 0 Å². The van der Waals surface area contributed by atoms with Gasteiger partial charge in [-0.2, -0.15) is 0 Å². The molecule has 1 aliphatic carbocycles. The normalized spacial score (nSPS) is 19.4. The van der Waals surface area contributed by atoms with Crippen LogP contribution in [-0.4, -0.2) is 12.3 Å². The summed E-state index contributed by atoms with van der Waals surface area (Å²) in [6, 6.07) is 6.30. The van der Waals surface area contributed by atoms with Crippen LogP contribution in [0.25, 0.3) is 0 Å². The van der Waals surface area contributed by atoms with E-state index in [4.69, 9.17) is 15.2 Å². The third kappa shape index (κ3) is 2.00. The van der Waals surface area contributed by atoms with Crippen molar-refractivity contribution in [1.29, 1.82) is 0 Å². The largest absolute Gasteiger partial charge is 0.448 e. The van der Waals surface area contributed by atoms with E-state index in [1.807, 2.05) is 6.07 Å². The van der Waals surface area contributed by atoms with Gasteiger partial charge in [-0.3, -0.25) is 0 Å². The number of rotatable bonds is 4. The van der Waals surface area contributed by atoms with Crippen molar-refractivity contribution in [3.05, 3.63) is 23.8 Å². The molecule has 3 nitrogen and oxygen atoms in total. The Morgan fingerprint density at radius 1 is 1.12 bits per heavy atom. The highest BCUT2D eigenvalue weighted by Crippen LogP contribution is 2.48. The van der Waals surface area contributed by atoms with Gasteiger partial charge in [-0.25, -0.2) is 0 Å². The number of hydrogen-bond acceptors (Lipinski definition) is 3. The molecule has 0 saturated heterocycles. The van der Waals surface area contributed by atoms with Crippen LogP contribution < -0.4 is 15.2 Å². The van der Waals surface area contributed by atoms with E-state index < -0.39 is 0 Å². The molecule has 1 aromatic carbocycles. The minimum Gasteiger partial charge on any atom is -0.448 e. The lowest BCUT2D eigenvalue weighted by molar-refractivity contribution is -0.138. The second kappa shape index (κ2) is 4.22. The number of nitrogens with two attached hydrogens (primary N) is 1. The molecular formula is C14H19NO2. The minimum absolute atomic E-state index is 0.307. The highest BCUT2D eigenvalue weighted by atomic mass is 16.7. The summed E-state index contributed by atoms with van der Waals surface area (Å²) in [4.78, 5) is 0. The van der Waals surface area contributed by atoms with Gasteiger partial charge in [-0.15, -0.1) is 0 Å². The van der Waals surface area contributed by atoms with Gasteiger partial charge < -0.3 is 15.2 Å². The molecule has 3 heteroatoms. The molecular weight excluding hydrogens is 214 g/mol. The molecule has 1 spiro atoms. The quantitative estimate of drug-likeness (QED) is 0.813. The van der Waals surface area contributed by atoms with Gasteiger partial charge in [-0.05, 0) is 49.9 Å². The van der Waals surface area contributed by atoms with Crippen LogP contribution in [0.2, 0.25) is 0 Å². The maximum atomic E-state index is 5.93. The number of unbranched alkanes of at least 4 members (excludes halogenated alkanes) is 1. The molecule has 2 N–H and O–H groups in total. The van der Waals surface area contributed by atoms with Gasteiger partial charge in [-0.1, -0.05) is 6.07 Å². The van der Waals surface area contributed by atoms with E-state index in [-0.39, 0.29) is 5.79 Å². The molecule has 92 valence electrons. The Morgan fingerprint density at radius 3 is 2.65 bits per heavy atom. The van der Waals surface area contributed by atoms with Crippen molar-refractivity contribution in [2.45, 2.75) is 44.3 Å². The molecule has 1 fully saturated rings. The van der Waals surface area contributed by atoms with Crippen LogP contribution in [0.1, 0.15) is 37.7 Å². The molecule has 1 aliphatic heterocycles. The molecule has 1 aromatic rings.